The molecular weight excluding hydrogens is 493 g/mol. The highest BCUT2D eigenvalue weighted by molar-refractivity contribution is 5.75. The van der Waals surface area contributed by atoms with Crippen LogP contribution in [-0.2, 0) is 9.53 Å². The van der Waals surface area contributed by atoms with Gasteiger partial charge in [-0.15, -0.1) is 0 Å². The quantitative estimate of drug-likeness (QED) is 0.218. The molecule has 5 rings (SSSR count). The molecule has 2 aliphatic carbocycles. The third kappa shape index (κ3) is 5.94. The number of aliphatic hydroxyl groups excluding tert-OH is 1. The molecule has 0 aromatic heterocycles. The molecule has 2 aromatic carbocycles. The van der Waals surface area contributed by atoms with Crippen LogP contribution < -0.4 is 4.74 Å². The molecule has 206 valence electrons. The van der Waals surface area contributed by atoms with Crippen LogP contribution in [0.25, 0.3) is 0 Å². The Morgan fingerprint density at radius 1 is 0.921 bits per heavy atom. The fourth-order valence-corrected chi connectivity index (χ4v) is 6.46. The zero-order valence-electron chi connectivity index (χ0n) is 21.9. The molecule has 1 aliphatic heterocycles. The van der Waals surface area contributed by atoms with Crippen LogP contribution in [0.15, 0.2) is 30.3 Å². The summed E-state index contributed by atoms with van der Waals surface area (Å²) >= 11 is 0. The van der Waals surface area contributed by atoms with Gasteiger partial charge in [0.05, 0.1) is 18.6 Å². The number of carbonyl (C=O) groups is 1. The maximum atomic E-state index is 15.2. The van der Waals surface area contributed by atoms with Gasteiger partial charge in [-0.2, -0.15) is 0 Å². The summed E-state index contributed by atoms with van der Waals surface area (Å²) in [6.45, 7) is 2.55. The molecule has 3 fully saturated rings. The number of esters is 1. The fraction of sp³-hybridized carbons (Fsp3) is 0.581. The van der Waals surface area contributed by atoms with Gasteiger partial charge >= 0.3 is 5.97 Å². The Kier molecular flexibility index (Phi) is 8.44. The summed E-state index contributed by atoms with van der Waals surface area (Å²) < 4.78 is 55.2. The van der Waals surface area contributed by atoms with Gasteiger partial charge in [-0.05, 0) is 98.8 Å². The minimum atomic E-state index is -0.767. The van der Waals surface area contributed by atoms with Crippen LogP contribution in [0.5, 0.6) is 5.75 Å². The third-order valence-corrected chi connectivity index (χ3v) is 8.85. The second-order valence-electron chi connectivity index (χ2n) is 11.3. The SMILES string of the molecule is CCCC(O)C1CCC(c2ccc(C3CCC(C(=O)Oc4ccc(C5CO5)c(F)c4)CC3)c(F)c2F)CC1. The lowest BCUT2D eigenvalue weighted by molar-refractivity contribution is -0.140. The number of halogens is 3. The molecule has 0 bridgehead atoms. The molecule has 38 heavy (non-hydrogen) atoms. The van der Waals surface area contributed by atoms with Crippen molar-refractivity contribution in [3.05, 3.63) is 64.5 Å². The number of carbonyl (C=O) groups excluding carboxylic acids is 1. The van der Waals surface area contributed by atoms with Crippen molar-refractivity contribution >= 4 is 5.97 Å². The Labute approximate surface area is 222 Å². The van der Waals surface area contributed by atoms with E-state index in [1.165, 1.54) is 6.07 Å². The molecule has 7 heteroatoms. The average molecular weight is 531 g/mol. The monoisotopic (exact) mass is 530 g/mol. The molecule has 0 radical (unpaired) electrons. The minimum Gasteiger partial charge on any atom is -0.426 e. The molecule has 0 spiro atoms. The first-order chi connectivity index (χ1) is 18.4. The van der Waals surface area contributed by atoms with Crippen molar-refractivity contribution in [3.63, 3.8) is 0 Å². The van der Waals surface area contributed by atoms with Gasteiger partial charge in [0.2, 0.25) is 0 Å². The van der Waals surface area contributed by atoms with E-state index in [4.69, 9.17) is 9.47 Å². The smallest absolute Gasteiger partial charge is 0.314 e. The molecule has 0 amide bonds. The Morgan fingerprint density at radius 2 is 1.47 bits per heavy atom. The Morgan fingerprint density at radius 3 is 2.00 bits per heavy atom. The van der Waals surface area contributed by atoms with E-state index in [1.54, 1.807) is 24.3 Å². The molecule has 2 atom stereocenters. The summed E-state index contributed by atoms with van der Waals surface area (Å²) in [6, 6.07) is 7.83. The average Bonchev–Trinajstić information content (AvgIpc) is 3.76. The maximum Gasteiger partial charge on any atom is 0.314 e. The molecule has 2 unspecified atom stereocenters. The van der Waals surface area contributed by atoms with Crippen LogP contribution in [0.4, 0.5) is 13.2 Å². The van der Waals surface area contributed by atoms with E-state index in [-0.39, 0.29) is 41.6 Å². The number of hydrogen-bond acceptors (Lipinski definition) is 4. The first kappa shape index (κ1) is 27.2. The first-order valence-electron chi connectivity index (χ1n) is 14.1. The van der Waals surface area contributed by atoms with Gasteiger partial charge < -0.3 is 14.6 Å². The highest BCUT2D eigenvalue weighted by atomic mass is 19.2. The number of benzene rings is 2. The normalized spacial score (nSPS) is 28.1. The molecule has 2 saturated carbocycles. The van der Waals surface area contributed by atoms with Crippen LogP contribution in [0.1, 0.15) is 106 Å². The minimum absolute atomic E-state index is 0.0233. The van der Waals surface area contributed by atoms with Crippen LogP contribution >= 0.6 is 0 Å². The van der Waals surface area contributed by atoms with Crippen molar-refractivity contribution in [1.29, 1.82) is 0 Å². The van der Waals surface area contributed by atoms with Crippen molar-refractivity contribution < 1.29 is 32.5 Å². The Hall–Kier alpha value is -2.38. The highest BCUT2D eigenvalue weighted by Crippen LogP contribution is 2.42. The van der Waals surface area contributed by atoms with Gasteiger partial charge in [0.1, 0.15) is 17.7 Å². The first-order valence-corrected chi connectivity index (χ1v) is 14.1. The summed E-state index contributed by atoms with van der Waals surface area (Å²) in [5.74, 6) is -2.51. The standard InChI is InChI=1S/C31H37F3O4/c1-2-3-27(35)20-8-4-18(5-9-20)23-14-15-24(30(34)29(23)33)19-6-10-21(11-7-19)31(36)38-22-12-13-25(26(32)16-22)28-17-37-28/h12-16,18-21,27-28,35H,2-11,17H2,1H3. The van der Waals surface area contributed by atoms with Crippen molar-refractivity contribution in [3.8, 4) is 5.75 Å². The molecule has 4 nitrogen and oxygen atoms in total. The predicted molar refractivity (Wildman–Crippen MR) is 137 cm³/mol. The lowest BCUT2D eigenvalue weighted by Crippen LogP contribution is -2.26. The molecule has 3 aliphatic rings. The van der Waals surface area contributed by atoms with E-state index in [0.717, 1.165) is 38.5 Å². The van der Waals surface area contributed by atoms with Gasteiger partial charge in [-0.25, -0.2) is 13.2 Å². The summed E-state index contributed by atoms with van der Waals surface area (Å²) in [5, 5.41) is 10.3. The van der Waals surface area contributed by atoms with Gasteiger partial charge in [-0.3, -0.25) is 4.79 Å². The second kappa shape index (κ2) is 11.8. The van der Waals surface area contributed by atoms with Gasteiger partial charge in [0, 0.05) is 11.6 Å². The second-order valence-corrected chi connectivity index (χ2v) is 11.3. The number of epoxide rings is 1. The summed E-state index contributed by atoms with van der Waals surface area (Å²) in [4.78, 5) is 12.7. The van der Waals surface area contributed by atoms with E-state index >= 15 is 8.78 Å². The van der Waals surface area contributed by atoms with Crippen molar-refractivity contribution in [2.24, 2.45) is 11.8 Å². The van der Waals surface area contributed by atoms with Crippen LogP contribution in [-0.4, -0.2) is 23.8 Å². The Balaban J connectivity index is 1.16. The van der Waals surface area contributed by atoms with E-state index in [0.29, 0.717) is 49.0 Å². The fourth-order valence-electron chi connectivity index (χ4n) is 6.46. The van der Waals surface area contributed by atoms with E-state index in [9.17, 15) is 14.3 Å². The number of hydrogen-bond donors (Lipinski definition) is 1. The zero-order valence-corrected chi connectivity index (χ0v) is 21.9. The van der Waals surface area contributed by atoms with Crippen LogP contribution in [0.3, 0.4) is 0 Å². The van der Waals surface area contributed by atoms with Crippen molar-refractivity contribution in [1.82, 2.24) is 0 Å². The van der Waals surface area contributed by atoms with E-state index in [2.05, 4.69) is 6.92 Å². The predicted octanol–water partition coefficient (Wildman–Crippen LogP) is 7.49. The van der Waals surface area contributed by atoms with Gasteiger partial charge in [0.25, 0.3) is 0 Å². The molecule has 1 heterocycles. The third-order valence-electron chi connectivity index (χ3n) is 8.85. The highest BCUT2D eigenvalue weighted by Gasteiger charge is 2.33. The van der Waals surface area contributed by atoms with Gasteiger partial charge in [-0.1, -0.05) is 25.5 Å². The largest absolute Gasteiger partial charge is 0.426 e. The van der Waals surface area contributed by atoms with E-state index < -0.39 is 23.4 Å². The van der Waals surface area contributed by atoms with Gasteiger partial charge in [0.15, 0.2) is 11.6 Å². The van der Waals surface area contributed by atoms with E-state index in [1.807, 2.05) is 0 Å². The Bertz CT molecular complexity index is 1130. The lowest BCUT2D eigenvalue weighted by Gasteiger charge is -2.32. The summed E-state index contributed by atoms with van der Waals surface area (Å²) in [7, 11) is 0. The molecule has 1 N–H and O–H groups in total. The zero-order chi connectivity index (χ0) is 26.8. The molecular formula is C31H37F3O4. The van der Waals surface area contributed by atoms with Crippen LogP contribution in [0.2, 0.25) is 0 Å². The van der Waals surface area contributed by atoms with Crippen molar-refractivity contribution in [2.45, 2.75) is 95.2 Å². The lowest BCUT2D eigenvalue weighted by atomic mass is 9.74. The van der Waals surface area contributed by atoms with Crippen molar-refractivity contribution in [2.75, 3.05) is 6.61 Å². The number of aliphatic hydroxyl groups is 1. The van der Waals surface area contributed by atoms with Crippen LogP contribution in [0, 0.1) is 29.3 Å². The molecule has 1 saturated heterocycles. The topological polar surface area (TPSA) is 59.1 Å². The molecule has 2 aromatic rings. The summed E-state index contributed by atoms with van der Waals surface area (Å²) in [5.41, 5.74) is 1.28. The number of ether oxygens (including phenoxy) is 2. The maximum absolute atomic E-state index is 15.2. The number of rotatable bonds is 8. The summed E-state index contributed by atoms with van der Waals surface area (Å²) in [6.07, 6.45) is 6.52.